The molecule has 1 fully saturated rings. The minimum Gasteiger partial charge on any atom is -0.454 e. The van der Waals surface area contributed by atoms with E-state index in [2.05, 4.69) is 0 Å². The van der Waals surface area contributed by atoms with Crippen LogP contribution in [-0.4, -0.2) is 105 Å². The largest absolute Gasteiger partial charge is 0.454 e. The molecule has 0 saturated carbocycles. The molecule has 1 aliphatic heterocycles. The van der Waals surface area contributed by atoms with Crippen molar-refractivity contribution >= 4 is 17.9 Å². The summed E-state index contributed by atoms with van der Waals surface area (Å²) < 4.78 is 28.0. The van der Waals surface area contributed by atoms with E-state index in [0.717, 1.165) is 0 Å². The summed E-state index contributed by atoms with van der Waals surface area (Å²) in [5.41, 5.74) is 34.6. The quantitative estimate of drug-likeness (QED) is 0.0445. The Bertz CT molecular complexity index is 706. The van der Waals surface area contributed by atoms with Gasteiger partial charge >= 0.3 is 17.9 Å². The summed E-state index contributed by atoms with van der Waals surface area (Å²) >= 11 is 0. The summed E-state index contributed by atoms with van der Waals surface area (Å²) in [6, 6.07) is -3.06. The molecular weight excluding hydrogens is 528 g/mol. The predicted octanol–water partition coefficient (Wildman–Crippen LogP) is -2.55. The van der Waals surface area contributed by atoms with E-state index in [-0.39, 0.29) is 6.42 Å². The first-order valence-corrected chi connectivity index (χ1v) is 13.9. The van der Waals surface area contributed by atoms with Gasteiger partial charge in [0.1, 0.15) is 24.2 Å². The highest BCUT2D eigenvalue weighted by Gasteiger charge is 2.53. The minimum atomic E-state index is -1.45. The van der Waals surface area contributed by atoms with Gasteiger partial charge in [0.2, 0.25) is 0 Å². The van der Waals surface area contributed by atoms with E-state index >= 15 is 0 Å². The summed E-state index contributed by atoms with van der Waals surface area (Å²) in [4.78, 5) is 38.8. The number of aliphatic hydroxyl groups excluding tert-OH is 1. The third kappa shape index (κ3) is 11.9. The van der Waals surface area contributed by atoms with E-state index in [0.29, 0.717) is 71.0 Å². The number of unbranched alkanes of at least 4 members (excludes halogenated alkanes) is 3. The van der Waals surface area contributed by atoms with Gasteiger partial charge in [-0.3, -0.25) is 14.4 Å². The third-order valence-electron chi connectivity index (χ3n) is 6.58. The molecule has 15 nitrogen and oxygen atoms in total. The summed E-state index contributed by atoms with van der Waals surface area (Å²) in [6.07, 6.45) is -2.17. The Kier molecular flexibility index (Phi) is 18.1. The Labute approximate surface area is 235 Å². The lowest BCUT2D eigenvalue weighted by Crippen LogP contribution is -2.64. The van der Waals surface area contributed by atoms with Gasteiger partial charge in [0, 0.05) is 7.11 Å². The molecule has 0 amide bonds. The molecule has 234 valence electrons. The molecule has 1 saturated heterocycles. The molecule has 13 N–H and O–H groups in total. The van der Waals surface area contributed by atoms with Crippen LogP contribution in [0, 0.1) is 0 Å². The van der Waals surface area contributed by atoms with Crippen molar-refractivity contribution in [1.29, 1.82) is 0 Å². The summed E-state index contributed by atoms with van der Waals surface area (Å²) in [7, 11) is 1.28. The normalized spacial score (nSPS) is 25.1. The Morgan fingerprint density at radius 1 is 0.675 bits per heavy atom. The van der Waals surface area contributed by atoms with E-state index < -0.39 is 73.3 Å². The molecule has 0 aromatic rings. The fourth-order valence-electron chi connectivity index (χ4n) is 4.16. The number of hydrogen-bond donors (Lipinski definition) is 7. The standard InChI is InChI=1S/C25H50N6O9/c1-36-25-21(40-24(35)17(31)10-4-7-13-28)20(39-23(34)16(30)9-3-6-12-27)19(18(14-32)37-25)38-22(33)15(29)8-2-5-11-26/h15-21,25,32H,2-14,26-31H2,1H3/t15-,16-,17-,18+,19+,20-,21-,25-/m0/s1. The first-order chi connectivity index (χ1) is 19.1. The number of rotatable bonds is 20. The molecule has 8 atom stereocenters. The zero-order chi connectivity index (χ0) is 30.1. The van der Waals surface area contributed by atoms with Crippen LogP contribution in [0.3, 0.4) is 0 Å². The fourth-order valence-corrected chi connectivity index (χ4v) is 4.16. The maximum atomic E-state index is 13.0. The Morgan fingerprint density at radius 2 is 1.05 bits per heavy atom. The van der Waals surface area contributed by atoms with Gasteiger partial charge in [0.15, 0.2) is 24.6 Å². The van der Waals surface area contributed by atoms with Crippen molar-refractivity contribution in [2.45, 2.75) is 107 Å². The molecule has 0 aliphatic carbocycles. The molecule has 15 heteroatoms. The fraction of sp³-hybridized carbons (Fsp3) is 0.880. The predicted molar refractivity (Wildman–Crippen MR) is 145 cm³/mol. The average molecular weight is 579 g/mol. The summed E-state index contributed by atoms with van der Waals surface area (Å²) in [5.74, 6) is -2.47. The highest BCUT2D eigenvalue weighted by molar-refractivity contribution is 5.77. The van der Waals surface area contributed by atoms with Crippen LogP contribution >= 0.6 is 0 Å². The van der Waals surface area contributed by atoms with Crippen LogP contribution < -0.4 is 34.4 Å². The van der Waals surface area contributed by atoms with Crippen molar-refractivity contribution in [1.82, 2.24) is 0 Å². The maximum Gasteiger partial charge on any atom is 0.323 e. The molecule has 0 bridgehead atoms. The van der Waals surface area contributed by atoms with Crippen molar-refractivity contribution in [2.24, 2.45) is 34.4 Å². The molecule has 0 spiro atoms. The lowest BCUT2D eigenvalue weighted by Gasteiger charge is -2.44. The number of aliphatic hydroxyl groups is 1. The maximum absolute atomic E-state index is 13.0. The van der Waals surface area contributed by atoms with Gasteiger partial charge < -0.3 is 63.2 Å². The Hall–Kier alpha value is -1.95. The lowest BCUT2D eigenvalue weighted by molar-refractivity contribution is -0.303. The molecule has 0 aromatic heterocycles. The van der Waals surface area contributed by atoms with Crippen molar-refractivity contribution in [3.63, 3.8) is 0 Å². The number of nitrogens with two attached hydrogens (primary N) is 6. The van der Waals surface area contributed by atoms with Gasteiger partial charge in [-0.25, -0.2) is 0 Å². The van der Waals surface area contributed by atoms with Crippen LogP contribution in [0.5, 0.6) is 0 Å². The molecule has 1 heterocycles. The van der Waals surface area contributed by atoms with Gasteiger partial charge in [-0.15, -0.1) is 0 Å². The smallest absolute Gasteiger partial charge is 0.323 e. The second kappa shape index (κ2) is 20.0. The topological polar surface area (TPSA) is 274 Å². The lowest BCUT2D eigenvalue weighted by atomic mass is 9.97. The molecule has 0 radical (unpaired) electrons. The van der Waals surface area contributed by atoms with E-state index in [1.54, 1.807) is 0 Å². The van der Waals surface area contributed by atoms with Crippen molar-refractivity contribution in [2.75, 3.05) is 33.4 Å². The van der Waals surface area contributed by atoms with Crippen LogP contribution in [0.4, 0.5) is 0 Å². The van der Waals surface area contributed by atoms with E-state index in [1.165, 1.54) is 7.11 Å². The third-order valence-corrected chi connectivity index (χ3v) is 6.58. The highest BCUT2D eigenvalue weighted by Crippen LogP contribution is 2.30. The van der Waals surface area contributed by atoms with Crippen LogP contribution in [0.25, 0.3) is 0 Å². The first-order valence-electron chi connectivity index (χ1n) is 13.9. The van der Waals surface area contributed by atoms with Gasteiger partial charge in [-0.1, -0.05) is 19.3 Å². The number of carbonyl (C=O) groups is 3. The molecule has 0 unspecified atom stereocenters. The SMILES string of the molecule is CO[C@H]1O[C@H](CO)[C@@H](OC(=O)[C@@H](N)CCCCN)[C@H](OC(=O)[C@@H](N)CCCCN)[C@@H]1OC(=O)[C@@H](N)CCCCN. The van der Waals surface area contributed by atoms with Crippen LogP contribution in [0.15, 0.2) is 0 Å². The highest BCUT2D eigenvalue weighted by atomic mass is 16.7. The summed E-state index contributed by atoms with van der Waals surface area (Å²) in [6.45, 7) is 0.671. The van der Waals surface area contributed by atoms with E-state index in [4.69, 9.17) is 58.1 Å². The van der Waals surface area contributed by atoms with E-state index in [9.17, 15) is 19.5 Å². The molecule has 1 rings (SSSR count). The number of hydrogen-bond acceptors (Lipinski definition) is 15. The monoisotopic (exact) mass is 578 g/mol. The number of esters is 3. The van der Waals surface area contributed by atoms with Crippen molar-refractivity contribution in [3.8, 4) is 0 Å². The van der Waals surface area contributed by atoms with Crippen LogP contribution in [-0.2, 0) is 38.1 Å². The number of carbonyl (C=O) groups excluding carboxylic acids is 3. The van der Waals surface area contributed by atoms with Gasteiger partial charge in [-0.2, -0.15) is 0 Å². The van der Waals surface area contributed by atoms with Gasteiger partial charge in [0.25, 0.3) is 0 Å². The van der Waals surface area contributed by atoms with Gasteiger partial charge in [-0.05, 0) is 58.2 Å². The van der Waals surface area contributed by atoms with Crippen LogP contribution in [0.1, 0.15) is 57.8 Å². The first kappa shape index (κ1) is 36.1. The molecule has 0 aromatic carbocycles. The Balaban J connectivity index is 3.26. The zero-order valence-corrected chi connectivity index (χ0v) is 23.5. The number of methoxy groups -OCH3 is 1. The zero-order valence-electron chi connectivity index (χ0n) is 23.5. The molecule has 1 aliphatic rings. The average Bonchev–Trinajstić information content (AvgIpc) is 2.94. The second-order valence-electron chi connectivity index (χ2n) is 9.84. The second-order valence-corrected chi connectivity index (χ2v) is 9.84. The minimum absolute atomic E-state index is 0.281. The Morgan fingerprint density at radius 3 is 1.40 bits per heavy atom. The van der Waals surface area contributed by atoms with Crippen LogP contribution in [0.2, 0.25) is 0 Å². The van der Waals surface area contributed by atoms with Gasteiger partial charge in [0.05, 0.1) is 6.61 Å². The molecule has 40 heavy (non-hydrogen) atoms. The van der Waals surface area contributed by atoms with E-state index in [1.807, 2.05) is 0 Å². The molecular formula is C25H50N6O9. The summed E-state index contributed by atoms with van der Waals surface area (Å²) in [5, 5.41) is 10.0. The van der Waals surface area contributed by atoms with Crippen molar-refractivity contribution in [3.05, 3.63) is 0 Å². The number of ether oxygens (including phenoxy) is 5. The van der Waals surface area contributed by atoms with Crippen molar-refractivity contribution < 1.29 is 43.2 Å².